The molecule has 110 valence electrons. The van der Waals surface area contributed by atoms with Gasteiger partial charge in [0.25, 0.3) is 5.69 Å². The number of nitro benzene ring substituents is 1. The third kappa shape index (κ3) is 2.37. The van der Waals surface area contributed by atoms with Crippen molar-refractivity contribution < 1.29 is 14.5 Å². The van der Waals surface area contributed by atoms with E-state index in [4.69, 9.17) is 4.74 Å². The minimum absolute atomic E-state index is 0.0241. The van der Waals surface area contributed by atoms with E-state index in [-0.39, 0.29) is 17.2 Å². The predicted molar refractivity (Wildman–Crippen MR) is 81.9 cm³/mol. The summed E-state index contributed by atoms with van der Waals surface area (Å²) in [6, 6.07) is 9.71. The van der Waals surface area contributed by atoms with E-state index in [0.29, 0.717) is 16.9 Å². The van der Waals surface area contributed by atoms with E-state index in [1.54, 1.807) is 18.2 Å². The molecule has 0 fully saturated rings. The average Bonchev–Trinajstić information content (AvgIpc) is 2.76. The van der Waals surface area contributed by atoms with E-state index in [9.17, 15) is 14.9 Å². The highest BCUT2D eigenvalue weighted by atomic mass is 16.6. The van der Waals surface area contributed by atoms with Gasteiger partial charge in [0.05, 0.1) is 10.5 Å². The molecule has 0 saturated heterocycles. The van der Waals surface area contributed by atoms with Gasteiger partial charge in [-0.05, 0) is 48.7 Å². The average molecular weight is 295 g/mol. The monoisotopic (exact) mass is 295 g/mol. The zero-order valence-electron chi connectivity index (χ0n) is 12.1. The van der Waals surface area contributed by atoms with Gasteiger partial charge in [-0.1, -0.05) is 12.1 Å². The first-order chi connectivity index (χ1) is 10.5. The fourth-order valence-electron chi connectivity index (χ4n) is 2.32. The molecule has 2 aromatic rings. The SMILES string of the molecule is Cc1cc2c(cc1C)C(=O)/C(=C/c1cccc([N+](=O)[O-])c1)O2. The second-order valence-electron chi connectivity index (χ2n) is 5.22. The van der Waals surface area contributed by atoms with E-state index in [1.165, 1.54) is 18.2 Å². The van der Waals surface area contributed by atoms with Crippen LogP contribution in [-0.4, -0.2) is 10.7 Å². The summed E-state index contributed by atoms with van der Waals surface area (Å²) in [5, 5.41) is 10.8. The van der Waals surface area contributed by atoms with Crippen molar-refractivity contribution in [2.75, 3.05) is 0 Å². The van der Waals surface area contributed by atoms with Crippen LogP contribution in [0.2, 0.25) is 0 Å². The molecule has 1 heterocycles. The molecule has 0 radical (unpaired) electrons. The van der Waals surface area contributed by atoms with E-state index < -0.39 is 4.92 Å². The molecule has 1 aliphatic heterocycles. The molecular formula is C17H13NO4. The molecule has 3 rings (SSSR count). The van der Waals surface area contributed by atoms with Crippen LogP contribution >= 0.6 is 0 Å². The van der Waals surface area contributed by atoms with Crippen LogP contribution in [0.25, 0.3) is 6.08 Å². The molecule has 0 unspecified atom stereocenters. The molecule has 0 bridgehead atoms. The van der Waals surface area contributed by atoms with E-state index in [1.807, 2.05) is 19.9 Å². The zero-order chi connectivity index (χ0) is 15.9. The maximum Gasteiger partial charge on any atom is 0.270 e. The number of hydrogen-bond acceptors (Lipinski definition) is 4. The number of allylic oxidation sites excluding steroid dienone is 1. The Kier molecular flexibility index (Phi) is 3.25. The number of benzene rings is 2. The van der Waals surface area contributed by atoms with Gasteiger partial charge in [-0.3, -0.25) is 14.9 Å². The summed E-state index contributed by atoms with van der Waals surface area (Å²) in [6.07, 6.45) is 1.53. The molecule has 0 spiro atoms. The first-order valence-corrected chi connectivity index (χ1v) is 6.75. The van der Waals surface area contributed by atoms with Crippen molar-refractivity contribution >= 4 is 17.5 Å². The van der Waals surface area contributed by atoms with Crippen molar-refractivity contribution in [3.8, 4) is 5.75 Å². The molecule has 0 aromatic heterocycles. The lowest BCUT2D eigenvalue weighted by atomic mass is 10.0. The number of fused-ring (bicyclic) bond motifs is 1. The maximum absolute atomic E-state index is 12.4. The Hall–Kier alpha value is -2.95. The smallest absolute Gasteiger partial charge is 0.270 e. The van der Waals surface area contributed by atoms with Gasteiger partial charge < -0.3 is 4.74 Å². The third-order valence-electron chi connectivity index (χ3n) is 3.66. The van der Waals surface area contributed by atoms with Crippen LogP contribution in [0.3, 0.4) is 0 Å². The topological polar surface area (TPSA) is 69.4 Å². The zero-order valence-corrected chi connectivity index (χ0v) is 12.1. The van der Waals surface area contributed by atoms with Gasteiger partial charge in [-0.15, -0.1) is 0 Å². The number of ketones is 1. The molecule has 0 N–H and O–H groups in total. The van der Waals surface area contributed by atoms with Gasteiger partial charge in [-0.25, -0.2) is 0 Å². The van der Waals surface area contributed by atoms with Gasteiger partial charge in [0, 0.05) is 12.1 Å². The molecular weight excluding hydrogens is 282 g/mol. The number of rotatable bonds is 2. The number of non-ortho nitro benzene ring substituents is 1. The minimum atomic E-state index is -0.471. The quantitative estimate of drug-likeness (QED) is 0.479. The molecule has 0 saturated carbocycles. The second kappa shape index (κ2) is 5.11. The summed E-state index contributed by atoms with van der Waals surface area (Å²) >= 11 is 0. The first-order valence-electron chi connectivity index (χ1n) is 6.75. The third-order valence-corrected chi connectivity index (χ3v) is 3.66. The van der Waals surface area contributed by atoms with Gasteiger partial charge >= 0.3 is 0 Å². The van der Waals surface area contributed by atoms with Crippen molar-refractivity contribution in [2.45, 2.75) is 13.8 Å². The number of carbonyl (C=O) groups is 1. The summed E-state index contributed by atoms with van der Waals surface area (Å²) in [6.45, 7) is 3.89. The van der Waals surface area contributed by atoms with Gasteiger partial charge in [0.2, 0.25) is 5.78 Å². The van der Waals surface area contributed by atoms with Crippen molar-refractivity contribution in [3.63, 3.8) is 0 Å². The highest BCUT2D eigenvalue weighted by molar-refractivity contribution is 6.14. The van der Waals surface area contributed by atoms with Crippen LogP contribution in [0.4, 0.5) is 5.69 Å². The molecule has 5 nitrogen and oxygen atoms in total. The Balaban J connectivity index is 1.99. The molecule has 2 aromatic carbocycles. The Morgan fingerprint density at radius 2 is 1.86 bits per heavy atom. The number of nitrogens with zero attached hydrogens (tertiary/aromatic N) is 1. The highest BCUT2D eigenvalue weighted by Gasteiger charge is 2.28. The lowest BCUT2D eigenvalue weighted by Gasteiger charge is -2.02. The number of aryl methyl sites for hydroxylation is 2. The molecule has 0 atom stereocenters. The second-order valence-corrected chi connectivity index (χ2v) is 5.22. The van der Waals surface area contributed by atoms with Crippen molar-refractivity contribution in [2.24, 2.45) is 0 Å². The summed E-state index contributed by atoms with van der Waals surface area (Å²) in [5.74, 6) is 0.509. The number of hydrogen-bond donors (Lipinski definition) is 0. The van der Waals surface area contributed by atoms with Crippen molar-refractivity contribution in [3.05, 3.63) is 74.5 Å². The summed E-state index contributed by atoms with van der Waals surface area (Å²) in [5.41, 5.74) is 3.12. The Labute approximate surface area is 127 Å². The van der Waals surface area contributed by atoms with Crippen LogP contribution in [0.5, 0.6) is 5.75 Å². The number of Topliss-reactive ketones (excluding diaryl/α,β-unsaturated/α-hetero) is 1. The lowest BCUT2D eigenvalue weighted by molar-refractivity contribution is -0.384. The predicted octanol–water partition coefficient (Wildman–Crippen LogP) is 3.83. The normalized spacial score (nSPS) is 14.8. The summed E-state index contributed by atoms with van der Waals surface area (Å²) < 4.78 is 5.60. The van der Waals surface area contributed by atoms with E-state index in [2.05, 4.69) is 0 Å². The van der Waals surface area contributed by atoms with Crippen LogP contribution in [-0.2, 0) is 0 Å². The number of carbonyl (C=O) groups excluding carboxylic acids is 1. The van der Waals surface area contributed by atoms with Crippen molar-refractivity contribution in [1.29, 1.82) is 0 Å². The van der Waals surface area contributed by atoms with Crippen LogP contribution < -0.4 is 4.74 Å². The maximum atomic E-state index is 12.4. The Morgan fingerprint density at radius 1 is 1.14 bits per heavy atom. The highest BCUT2D eigenvalue weighted by Crippen LogP contribution is 2.34. The molecule has 5 heteroatoms. The molecule has 1 aliphatic rings. The number of ether oxygens (including phenoxy) is 1. The van der Waals surface area contributed by atoms with E-state index >= 15 is 0 Å². The van der Waals surface area contributed by atoms with Crippen LogP contribution in [0.1, 0.15) is 27.0 Å². The van der Waals surface area contributed by atoms with Crippen LogP contribution in [0, 0.1) is 24.0 Å². The fraction of sp³-hybridized carbons (Fsp3) is 0.118. The Bertz CT molecular complexity index is 837. The Morgan fingerprint density at radius 3 is 2.59 bits per heavy atom. The van der Waals surface area contributed by atoms with Crippen molar-refractivity contribution in [1.82, 2.24) is 0 Å². The summed E-state index contributed by atoms with van der Waals surface area (Å²) in [7, 11) is 0. The summed E-state index contributed by atoms with van der Waals surface area (Å²) in [4.78, 5) is 22.7. The standard InChI is InChI=1S/C17H13NO4/c1-10-6-14-15(7-11(10)2)22-16(17(14)19)9-12-4-3-5-13(8-12)18(20)21/h3-9H,1-2H3/b16-9-. The van der Waals surface area contributed by atoms with Crippen LogP contribution in [0.15, 0.2) is 42.2 Å². The molecule has 22 heavy (non-hydrogen) atoms. The fourth-order valence-corrected chi connectivity index (χ4v) is 2.32. The lowest BCUT2D eigenvalue weighted by Crippen LogP contribution is -1.98. The molecule has 0 aliphatic carbocycles. The molecule has 0 amide bonds. The largest absolute Gasteiger partial charge is 0.452 e. The van der Waals surface area contributed by atoms with E-state index in [0.717, 1.165) is 11.1 Å². The van der Waals surface area contributed by atoms with Gasteiger partial charge in [-0.2, -0.15) is 0 Å². The first kappa shape index (κ1) is 14.0. The van der Waals surface area contributed by atoms with Gasteiger partial charge in [0.15, 0.2) is 5.76 Å². The minimum Gasteiger partial charge on any atom is -0.452 e. The van der Waals surface area contributed by atoms with Gasteiger partial charge in [0.1, 0.15) is 5.75 Å². The number of nitro groups is 1.